The van der Waals surface area contributed by atoms with E-state index >= 15 is 0 Å². The number of fused-ring (bicyclic) bond motifs is 2. The SMILES string of the molecule is CC(C)(O)CC(=O)CCC1(O)C2CC[C@H]1CC(S(=O)(=O)c1cc(C(=O)Nc3ccc(F)c(F)c3)ccc1Cl)C2. The summed E-state index contributed by atoms with van der Waals surface area (Å²) in [5.74, 6) is -3.71. The number of benzene rings is 2. The molecule has 0 aromatic heterocycles. The van der Waals surface area contributed by atoms with Crippen LogP contribution < -0.4 is 5.32 Å². The Hall–Kier alpha value is -2.40. The highest BCUT2D eigenvalue weighted by molar-refractivity contribution is 7.92. The first-order valence-corrected chi connectivity index (χ1v) is 14.8. The lowest BCUT2D eigenvalue weighted by Crippen LogP contribution is -2.48. The van der Waals surface area contributed by atoms with Crippen LogP contribution in [-0.2, 0) is 14.6 Å². The topological polar surface area (TPSA) is 121 Å². The van der Waals surface area contributed by atoms with Crippen LogP contribution in [-0.4, -0.2) is 46.8 Å². The maximum absolute atomic E-state index is 13.7. The van der Waals surface area contributed by atoms with Gasteiger partial charge < -0.3 is 15.5 Å². The molecule has 2 aromatic rings. The van der Waals surface area contributed by atoms with Gasteiger partial charge in [-0.1, -0.05) is 11.6 Å². The van der Waals surface area contributed by atoms with Gasteiger partial charge in [-0.05, 0) is 88.1 Å². The standard InChI is InChI=1S/C28H32ClF2NO6S/c1-27(2,35)15-20(33)9-10-28(36)17-4-5-18(28)13-21(12-17)39(37,38)25-11-16(3-7-22(25)29)26(34)32-19-6-8-23(30)24(31)14-19/h3,6-8,11,14,17-18,21,35-36H,4-5,9-10,12-13,15H2,1-2H3,(H,32,34)/t17-,18?,21?,28?/m0/s1. The number of anilines is 1. The number of halogens is 3. The lowest BCUT2D eigenvalue weighted by molar-refractivity contribution is -0.126. The third-order valence-corrected chi connectivity index (χ3v) is 10.6. The van der Waals surface area contributed by atoms with Crippen molar-refractivity contribution in [3.8, 4) is 0 Å². The first kappa shape index (κ1) is 29.6. The molecule has 4 atom stereocenters. The molecule has 3 N–H and O–H groups in total. The number of carbonyl (C=O) groups is 2. The number of sulfone groups is 1. The fraction of sp³-hybridized carbons (Fsp3) is 0.500. The molecule has 39 heavy (non-hydrogen) atoms. The Kier molecular flexibility index (Phi) is 8.25. The van der Waals surface area contributed by atoms with E-state index in [2.05, 4.69) is 5.32 Å². The van der Waals surface area contributed by atoms with Gasteiger partial charge in [-0.25, -0.2) is 17.2 Å². The summed E-state index contributed by atoms with van der Waals surface area (Å²) in [6, 6.07) is 6.68. The van der Waals surface area contributed by atoms with Gasteiger partial charge in [0.05, 0.1) is 26.4 Å². The van der Waals surface area contributed by atoms with E-state index in [9.17, 15) is 37.0 Å². The molecule has 4 rings (SSSR count). The van der Waals surface area contributed by atoms with E-state index in [0.717, 1.165) is 12.1 Å². The summed E-state index contributed by atoms with van der Waals surface area (Å²) in [5.41, 5.74) is -2.31. The number of nitrogens with one attached hydrogen (secondary N) is 1. The number of aliphatic hydroxyl groups is 2. The lowest BCUT2D eigenvalue weighted by Gasteiger charge is -2.42. The molecule has 7 nitrogen and oxygen atoms in total. The first-order valence-electron chi connectivity index (χ1n) is 12.9. The minimum absolute atomic E-state index is 0.00225. The second kappa shape index (κ2) is 10.9. The molecule has 212 valence electrons. The smallest absolute Gasteiger partial charge is 0.255 e. The molecule has 2 aliphatic carbocycles. The largest absolute Gasteiger partial charge is 0.390 e. The van der Waals surface area contributed by atoms with Gasteiger partial charge in [0.15, 0.2) is 21.5 Å². The van der Waals surface area contributed by atoms with Gasteiger partial charge in [-0.2, -0.15) is 0 Å². The molecule has 0 spiro atoms. The Morgan fingerprint density at radius 3 is 2.31 bits per heavy atom. The van der Waals surface area contributed by atoms with Crippen molar-refractivity contribution in [1.82, 2.24) is 0 Å². The summed E-state index contributed by atoms with van der Waals surface area (Å²) >= 11 is 6.28. The van der Waals surface area contributed by atoms with Crippen LogP contribution in [0.1, 0.15) is 69.2 Å². The third kappa shape index (κ3) is 6.34. The molecule has 2 bridgehead atoms. The van der Waals surface area contributed by atoms with Gasteiger partial charge in [0, 0.05) is 30.2 Å². The molecule has 0 aliphatic heterocycles. The predicted octanol–water partition coefficient (Wildman–Crippen LogP) is 5.07. The minimum Gasteiger partial charge on any atom is -0.390 e. The highest BCUT2D eigenvalue weighted by Gasteiger charge is 2.55. The van der Waals surface area contributed by atoms with Crippen molar-refractivity contribution < 1.29 is 37.0 Å². The molecule has 2 saturated carbocycles. The Bertz CT molecular complexity index is 1380. The molecule has 1 amide bonds. The van der Waals surface area contributed by atoms with Crippen LogP contribution >= 0.6 is 11.6 Å². The van der Waals surface area contributed by atoms with Crippen molar-refractivity contribution in [2.24, 2.45) is 11.8 Å². The van der Waals surface area contributed by atoms with Crippen molar-refractivity contribution in [3.05, 3.63) is 58.6 Å². The average Bonchev–Trinajstić information content (AvgIpc) is 3.00. The van der Waals surface area contributed by atoms with Gasteiger partial charge in [-0.15, -0.1) is 0 Å². The molecule has 3 unspecified atom stereocenters. The van der Waals surface area contributed by atoms with E-state index in [1.54, 1.807) is 13.8 Å². The summed E-state index contributed by atoms with van der Waals surface area (Å²) in [4.78, 5) is 24.8. The van der Waals surface area contributed by atoms with Gasteiger partial charge >= 0.3 is 0 Å². The van der Waals surface area contributed by atoms with Crippen LogP contribution in [0.4, 0.5) is 14.5 Å². The Labute approximate surface area is 231 Å². The molecule has 11 heteroatoms. The van der Waals surface area contributed by atoms with E-state index < -0.39 is 43.8 Å². The lowest BCUT2D eigenvalue weighted by atomic mass is 9.71. The van der Waals surface area contributed by atoms with Gasteiger partial charge in [0.25, 0.3) is 5.91 Å². The second-order valence-corrected chi connectivity index (χ2v) is 14.0. The van der Waals surface area contributed by atoms with Crippen LogP contribution in [0.15, 0.2) is 41.3 Å². The van der Waals surface area contributed by atoms with E-state index in [4.69, 9.17) is 11.6 Å². The van der Waals surface area contributed by atoms with Gasteiger partial charge in [0.1, 0.15) is 5.78 Å². The minimum atomic E-state index is -4.00. The Balaban J connectivity index is 1.50. The Morgan fingerprint density at radius 2 is 1.72 bits per heavy atom. The zero-order valence-corrected chi connectivity index (χ0v) is 23.3. The van der Waals surface area contributed by atoms with Crippen LogP contribution in [0.2, 0.25) is 5.02 Å². The average molecular weight is 584 g/mol. The quantitative estimate of drug-likeness (QED) is 0.379. The molecule has 2 aliphatic rings. The van der Waals surface area contributed by atoms with E-state index in [0.29, 0.717) is 12.8 Å². The van der Waals surface area contributed by atoms with Crippen LogP contribution in [0.5, 0.6) is 0 Å². The zero-order valence-electron chi connectivity index (χ0n) is 21.7. The van der Waals surface area contributed by atoms with Crippen LogP contribution in [0, 0.1) is 23.5 Å². The zero-order chi connectivity index (χ0) is 28.8. The highest BCUT2D eigenvalue weighted by Crippen LogP contribution is 2.54. The fourth-order valence-corrected chi connectivity index (χ4v) is 8.40. The summed E-state index contributed by atoms with van der Waals surface area (Å²) < 4.78 is 54.1. The van der Waals surface area contributed by atoms with Crippen molar-refractivity contribution in [3.63, 3.8) is 0 Å². The van der Waals surface area contributed by atoms with Gasteiger partial charge in [0.2, 0.25) is 0 Å². The summed E-state index contributed by atoms with van der Waals surface area (Å²) in [6.45, 7) is 3.09. The summed E-state index contributed by atoms with van der Waals surface area (Å²) in [7, 11) is -4.00. The van der Waals surface area contributed by atoms with Crippen molar-refractivity contribution >= 4 is 38.8 Å². The van der Waals surface area contributed by atoms with Crippen molar-refractivity contribution in [1.29, 1.82) is 0 Å². The summed E-state index contributed by atoms with van der Waals surface area (Å²) in [6.07, 6.45) is 1.95. The molecular weight excluding hydrogens is 552 g/mol. The summed E-state index contributed by atoms with van der Waals surface area (Å²) in [5, 5.41) is 22.9. The number of Topliss-reactive ketones (excluding diaryl/α,β-unsaturated/α-hetero) is 1. The normalized spacial score (nSPS) is 24.9. The molecule has 2 aromatic carbocycles. The Morgan fingerprint density at radius 1 is 1.08 bits per heavy atom. The fourth-order valence-electron chi connectivity index (χ4n) is 6.00. The van der Waals surface area contributed by atoms with Crippen molar-refractivity contribution in [2.45, 2.75) is 80.1 Å². The number of rotatable bonds is 9. The molecule has 0 heterocycles. The van der Waals surface area contributed by atoms with E-state index in [1.165, 1.54) is 24.3 Å². The van der Waals surface area contributed by atoms with Gasteiger partial charge in [-0.3, -0.25) is 9.59 Å². The monoisotopic (exact) mass is 583 g/mol. The van der Waals surface area contributed by atoms with Crippen LogP contribution in [0.25, 0.3) is 0 Å². The van der Waals surface area contributed by atoms with Crippen LogP contribution in [0.3, 0.4) is 0 Å². The number of amides is 1. The van der Waals surface area contributed by atoms with Crippen molar-refractivity contribution in [2.75, 3.05) is 5.32 Å². The predicted molar refractivity (Wildman–Crippen MR) is 142 cm³/mol. The number of hydrogen-bond donors (Lipinski definition) is 3. The van der Waals surface area contributed by atoms with E-state index in [1.807, 2.05) is 0 Å². The molecule has 0 radical (unpaired) electrons. The highest BCUT2D eigenvalue weighted by atomic mass is 35.5. The number of ketones is 1. The molecule has 0 saturated heterocycles. The maximum Gasteiger partial charge on any atom is 0.255 e. The number of carbonyl (C=O) groups excluding carboxylic acids is 2. The molecular formula is C28H32ClF2NO6S. The third-order valence-electron chi connectivity index (χ3n) is 7.92. The second-order valence-electron chi connectivity index (χ2n) is 11.4. The maximum atomic E-state index is 13.7. The first-order chi connectivity index (χ1) is 18.1. The van der Waals surface area contributed by atoms with E-state index in [-0.39, 0.29) is 70.9 Å². The number of hydrogen-bond acceptors (Lipinski definition) is 6. The molecule has 2 fully saturated rings.